The number of benzene rings is 1. The van der Waals surface area contributed by atoms with E-state index in [1.165, 1.54) is 12.1 Å². The zero-order valence-corrected chi connectivity index (χ0v) is 12.6. The molecular weight excluding hydrogens is 338 g/mol. The average Bonchev–Trinajstić information content (AvgIpc) is 2.27. The molecule has 1 unspecified atom stereocenters. The van der Waals surface area contributed by atoms with E-state index >= 15 is 0 Å². The normalized spacial score (nSPS) is 13.2. The van der Waals surface area contributed by atoms with E-state index in [0.717, 1.165) is 6.07 Å². The molecule has 0 bridgehead atoms. The highest BCUT2D eigenvalue weighted by molar-refractivity contribution is 9.10. The summed E-state index contributed by atoms with van der Waals surface area (Å²) in [5.74, 6) is 0. The number of halogens is 1. The smallest absolute Gasteiger partial charge is 0.289 e. The number of nitrogens with one attached hydrogen (secondary N) is 1. The second-order valence-corrected chi connectivity index (χ2v) is 6.68. The summed E-state index contributed by atoms with van der Waals surface area (Å²) in [5.41, 5.74) is 5.05. The van der Waals surface area contributed by atoms with Crippen molar-refractivity contribution in [3.05, 3.63) is 32.8 Å². The maximum atomic E-state index is 12.0. The van der Waals surface area contributed by atoms with Crippen molar-refractivity contribution in [2.75, 3.05) is 6.54 Å². The van der Waals surface area contributed by atoms with Gasteiger partial charge in [0.05, 0.1) is 4.92 Å². The summed E-state index contributed by atoms with van der Waals surface area (Å²) in [6.07, 6.45) is 0.445. The Hall–Kier alpha value is -1.03. The monoisotopic (exact) mass is 351 g/mol. The van der Waals surface area contributed by atoms with Crippen molar-refractivity contribution in [1.82, 2.24) is 4.72 Å². The van der Waals surface area contributed by atoms with E-state index in [0.29, 0.717) is 10.9 Å². The third kappa shape index (κ3) is 4.53. The predicted molar refractivity (Wildman–Crippen MR) is 74.3 cm³/mol. The quantitative estimate of drug-likeness (QED) is 0.593. The SMILES string of the molecule is CC(N)CCNS(=O)(=O)c1cc(Br)ccc1[N+](=O)[O-]. The van der Waals surface area contributed by atoms with Crippen molar-refractivity contribution in [3.63, 3.8) is 0 Å². The van der Waals surface area contributed by atoms with Gasteiger partial charge < -0.3 is 5.73 Å². The Balaban J connectivity index is 3.06. The van der Waals surface area contributed by atoms with Gasteiger partial charge in [-0.1, -0.05) is 15.9 Å². The van der Waals surface area contributed by atoms with Gasteiger partial charge in [0.25, 0.3) is 5.69 Å². The summed E-state index contributed by atoms with van der Waals surface area (Å²) in [6, 6.07) is 3.61. The van der Waals surface area contributed by atoms with Crippen LogP contribution in [0, 0.1) is 10.1 Å². The Morgan fingerprint density at radius 1 is 1.53 bits per heavy atom. The molecule has 1 rings (SSSR count). The Kier molecular flexibility index (Phi) is 5.41. The molecule has 3 N–H and O–H groups in total. The molecule has 0 saturated heterocycles. The second kappa shape index (κ2) is 6.42. The minimum atomic E-state index is -3.93. The van der Waals surface area contributed by atoms with Crippen molar-refractivity contribution < 1.29 is 13.3 Å². The Bertz CT molecular complexity index is 574. The topological polar surface area (TPSA) is 115 Å². The van der Waals surface area contributed by atoms with Crippen LogP contribution in [0.25, 0.3) is 0 Å². The third-order valence-corrected chi connectivity index (χ3v) is 4.28. The molecule has 0 radical (unpaired) electrons. The summed E-state index contributed by atoms with van der Waals surface area (Å²) in [6.45, 7) is 1.87. The molecule has 0 fully saturated rings. The Morgan fingerprint density at radius 2 is 2.16 bits per heavy atom. The van der Waals surface area contributed by atoms with Crippen molar-refractivity contribution >= 4 is 31.6 Å². The number of nitrogens with two attached hydrogens (primary N) is 1. The number of nitrogens with zero attached hydrogens (tertiary/aromatic N) is 1. The highest BCUT2D eigenvalue weighted by atomic mass is 79.9. The van der Waals surface area contributed by atoms with Crippen molar-refractivity contribution in [2.45, 2.75) is 24.3 Å². The molecule has 0 aromatic heterocycles. The molecule has 0 amide bonds. The van der Waals surface area contributed by atoms with E-state index in [9.17, 15) is 18.5 Å². The molecule has 0 spiro atoms. The summed E-state index contributed by atoms with van der Waals surface area (Å²) in [7, 11) is -3.93. The van der Waals surface area contributed by atoms with Crippen molar-refractivity contribution in [3.8, 4) is 0 Å². The molecule has 0 aliphatic heterocycles. The number of nitro groups is 1. The molecule has 1 aromatic carbocycles. The number of hydrogen-bond acceptors (Lipinski definition) is 5. The van der Waals surface area contributed by atoms with Gasteiger partial charge in [0.1, 0.15) is 0 Å². The summed E-state index contributed by atoms with van der Waals surface area (Å²) in [5, 5.41) is 10.8. The first kappa shape index (κ1) is 16.0. The van der Waals surface area contributed by atoms with Crippen LogP contribution in [0.4, 0.5) is 5.69 Å². The first-order valence-corrected chi connectivity index (χ1v) is 7.71. The number of sulfonamides is 1. The average molecular weight is 352 g/mol. The predicted octanol–water partition coefficient (Wildman–Crippen LogP) is 1.37. The van der Waals surface area contributed by atoms with Gasteiger partial charge in [0.2, 0.25) is 10.0 Å². The molecule has 0 saturated carbocycles. The largest absolute Gasteiger partial charge is 0.328 e. The maximum absolute atomic E-state index is 12.0. The summed E-state index contributed by atoms with van der Waals surface area (Å²) >= 11 is 3.09. The lowest BCUT2D eigenvalue weighted by Crippen LogP contribution is -2.29. The van der Waals surface area contributed by atoms with E-state index < -0.39 is 20.6 Å². The first-order chi connectivity index (χ1) is 8.74. The van der Waals surface area contributed by atoms with Crippen molar-refractivity contribution in [1.29, 1.82) is 0 Å². The van der Waals surface area contributed by atoms with Crippen LogP contribution in [0.5, 0.6) is 0 Å². The minimum Gasteiger partial charge on any atom is -0.328 e. The van der Waals surface area contributed by atoms with Crippen molar-refractivity contribution in [2.24, 2.45) is 5.73 Å². The lowest BCUT2D eigenvalue weighted by Gasteiger charge is -2.09. The molecule has 0 aliphatic rings. The van der Waals surface area contributed by atoms with Gasteiger partial charge in [0.15, 0.2) is 4.90 Å². The molecule has 9 heteroatoms. The lowest BCUT2D eigenvalue weighted by molar-refractivity contribution is -0.387. The van der Waals surface area contributed by atoms with Gasteiger partial charge in [0, 0.05) is 23.1 Å². The molecule has 7 nitrogen and oxygen atoms in total. The summed E-state index contributed by atoms with van der Waals surface area (Å²) in [4.78, 5) is 9.75. The molecule has 0 heterocycles. The lowest BCUT2D eigenvalue weighted by atomic mass is 10.3. The van der Waals surface area contributed by atoms with E-state index in [2.05, 4.69) is 20.7 Å². The molecule has 0 aliphatic carbocycles. The van der Waals surface area contributed by atoms with Gasteiger partial charge in [-0.3, -0.25) is 10.1 Å². The third-order valence-electron chi connectivity index (χ3n) is 2.30. The fourth-order valence-corrected chi connectivity index (χ4v) is 3.11. The summed E-state index contributed by atoms with van der Waals surface area (Å²) < 4.78 is 26.8. The number of hydrogen-bond donors (Lipinski definition) is 2. The fourth-order valence-electron chi connectivity index (χ4n) is 1.35. The minimum absolute atomic E-state index is 0.129. The van der Waals surface area contributed by atoms with Gasteiger partial charge >= 0.3 is 0 Å². The Labute approximate surface area is 119 Å². The van der Waals surface area contributed by atoms with Crippen LogP contribution in [0.15, 0.2) is 27.6 Å². The van der Waals surface area contributed by atoms with E-state index in [-0.39, 0.29) is 17.5 Å². The standard InChI is InChI=1S/C10H14BrN3O4S/c1-7(12)4-5-13-19(17,18)10-6-8(11)2-3-9(10)14(15)16/h2-3,6-7,13H,4-5,12H2,1H3. The first-order valence-electron chi connectivity index (χ1n) is 5.43. The van der Waals surface area contributed by atoms with Crippen LogP contribution in [0.1, 0.15) is 13.3 Å². The van der Waals surface area contributed by atoms with Crippen LogP contribution >= 0.6 is 15.9 Å². The molecular formula is C10H14BrN3O4S. The fraction of sp³-hybridized carbons (Fsp3) is 0.400. The van der Waals surface area contributed by atoms with Crippen LogP contribution in [0.2, 0.25) is 0 Å². The highest BCUT2D eigenvalue weighted by Crippen LogP contribution is 2.26. The van der Waals surface area contributed by atoms with Gasteiger partial charge in [-0.2, -0.15) is 0 Å². The highest BCUT2D eigenvalue weighted by Gasteiger charge is 2.25. The van der Waals surface area contributed by atoms with Gasteiger partial charge in [-0.15, -0.1) is 0 Å². The van der Waals surface area contributed by atoms with E-state index in [1.54, 1.807) is 6.92 Å². The van der Waals surface area contributed by atoms with Crippen LogP contribution in [-0.4, -0.2) is 25.9 Å². The number of rotatable bonds is 6. The second-order valence-electron chi connectivity index (χ2n) is 4.03. The molecule has 19 heavy (non-hydrogen) atoms. The zero-order valence-electron chi connectivity index (χ0n) is 10.2. The molecule has 1 atom stereocenters. The number of nitro benzene ring substituents is 1. The van der Waals surface area contributed by atoms with E-state index in [4.69, 9.17) is 5.73 Å². The van der Waals surface area contributed by atoms with Gasteiger partial charge in [-0.05, 0) is 25.5 Å². The Morgan fingerprint density at radius 3 is 2.68 bits per heavy atom. The molecule has 1 aromatic rings. The van der Waals surface area contributed by atoms with Crippen LogP contribution < -0.4 is 10.5 Å². The zero-order chi connectivity index (χ0) is 14.6. The van der Waals surface area contributed by atoms with Gasteiger partial charge in [-0.25, -0.2) is 13.1 Å². The maximum Gasteiger partial charge on any atom is 0.289 e. The molecule has 106 valence electrons. The van der Waals surface area contributed by atoms with E-state index in [1.807, 2.05) is 0 Å². The van der Waals surface area contributed by atoms with Crippen LogP contribution in [0.3, 0.4) is 0 Å². The van der Waals surface area contributed by atoms with Crippen LogP contribution in [-0.2, 0) is 10.0 Å².